The SMILES string of the molecule is COc1cc(O)cc(OC)c1C(=O)c1c(OC)cc(O)cc1OC. The molecule has 0 saturated carbocycles. The Kier molecular flexibility index (Phi) is 5.03. The molecule has 0 radical (unpaired) electrons. The van der Waals surface area contributed by atoms with Crippen molar-refractivity contribution >= 4 is 5.78 Å². The van der Waals surface area contributed by atoms with E-state index in [9.17, 15) is 15.0 Å². The van der Waals surface area contributed by atoms with Crippen molar-refractivity contribution < 1.29 is 34.0 Å². The molecule has 2 aromatic carbocycles. The molecule has 0 fully saturated rings. The Morgan fingerprint density at radius 3 is 1.12 bits per heavy atom. The fourth-order valence-electron chi connectivity index (χ4n) is 2.37. The smallest absolute Gasteiger partial charge is 0.208 e. The van der Waals surface area contributed by atoms with E-state index in [2.05, 4.69) is 0 Å². The quantitative estimate of drug-likeness (QED) is 0.783. The molecule has 0 aliphatic rings. The first-order valence-corrected chi connectivity index (χ1v) is 6.91. The van der Waals surface area contributed by atoms with Gasteiger partial charge in [-0.15, -0.1) is 0 Å². The topological polar surface area (TPSA) is 94.5 Å². The lowest BCUT2D eigenvalue weighted by Crippen LogP contribution is -2.10. The molecule has 0 spiro atoms. The summed E-state index contributed by atoms with van der Waals surface area (Å²) >= 11 is 0. The van der Waals surface area contributed by atoms with Gasteiger partial charge in [0.2, 0.25) is 5.78 Å². The van der Waals surface area contributed by atoms with Crippen LogP contribution in [0.2, 0.25) is 0 Å². The van der Waals surface area contributed by atoms with Gasteiger partial charge < -0.3 is 29.2 Å². The molecular formula is C17H18O7. The highest BCUT2D eigenvalue weighted by molar-refractivity contribution is 6.16. The van der Waals surface area contributed by atoms with Crippen molar-refractivity contribution in [1.82, 2.24) is 0 Å². The molecule has 7 heteroatoms. The Morgan fingerprint density at radius 2 is 0.917 bits per heavy atom. The van der Waals surface area contributed by atoms with Gasteiger partial charge in [0.05, 0.1) is 28.4 Å². The van der Waals surface area contributed by atoms with Crippen molar-refractivity contribution in [2.45, 2.75) is 0 Å². The highest BCUT2D eigenvalue weighted by atomic mass is 16.5. The third-order valence-corrected chi connectivity index (χ3v) is 3.44. The summed E-state index contributed by atoms with van der Waals surface area (Å²) in [5.74, 6) is -0.182. The van der Waals surface area contributed by atoms with E-state index in [0.29, 0.717) is 0 Å². The van der Waals surface area contributed by atoms with Gasteiger partial charge in [-0.2, -0.15) is 0 Å². The summed E-state index contributed by atoms with van der Waals surface area (Å²) in [6.45, 7) is 0. The Morgan fingerprint density at radius 1 is 0.667 bits per heavy atom. The lowest BCUT2D eigenvalue weighted by molar-refractivity contribution is 0.102. The number of ketones is 1. The molecule has 2 N–H and O–H groups in total. The Labute approximate surface area is 139 Å². The van der Waals surface area contributed by atoms with E-state index in [0.717, 1.165) is 0 Å². The molecule has 0 amide bonds. The maximum absolute atomic E-state index is 13.1. The number of hydrogen-bond donors (Lipinski definition) is 2. The summed E-state index contributed by atoms with van der Waals surface area (Å²) in [4.78, 5) is 13.1. The highest BCUT2D eigenvalue weighted by Gasteiger charge is 2.27. The van der Waals surface area contributed by atoms with Crippen molar-refractivity contribution in [3.8, 4) is 34.5 Å². The predicted octanol–water partition coefficient (Wildman–Crippen LogP) is 2.36. The van der Waals surface area contributed by atoms with Crippen LogP contribution in [0, 0.1) is 0 Å². The molecular weight excluding hydrogens is 316 g/mol. The van der Waals surface area contributed by atoms with E-state index in [1.165, 1.54) is 52.7 Å². The van der Waals surface area contributed by atoms with E-state index in [4.69, 9.17) is 18.9 Å². The van der Waals surface area contributed by atoms with Crippen LogP contribution in [0.5, 0.6) is 34.5 Å². The lowest BCUT2D eigenvalue weighted by Gasteiger charge is -2.16. The lowest BCUT2D eigenvalue weighted by atomic mass is 9.99. The fraction of sp³-hybridized carbons (Fsp3) is 0.235. The van der Waals surface area contributed by atoms with Crippen molar-refractivity contribution in [1.29, 1.82) is 0 Å². The average Bonchev–Trinajstić information content (AvgIpc) is 2.59. The second-order valence-corrected chi connectivity index (χ2v) is 4.78. The van der Waals surface area contributed by atoms with Gasteiger partial charge >= 0.3 is 0 Å². The number of ether oxygens (including phenoxy) is 4. The summed E-state index contributed by atoms with van der Waals surface area (Å²) in [6, 6.07) is 5.20. The molecule has 7 nitrogen and oxygen atoms in total. The zero-order valence-corrected chi connectivity index (χ0v) is 13.7. The maximum atomic E-state index is 13.1. The van der Waals surface area contributed by atoms with Crippen molar-refractivity contribution in [2.24, 2.45) is 0 Å². The van der Waals surface area contributed by atoms with Crippen LogP contribution in [0.25, 0.3) is 0 Å². The van der Waals surface area contributed by atoms with Gasteiger partial charge in [0.1, 0.15) is 45.6 Å². The van der Waals surface area contributed by atoms with Crippen molar-refractivity contribution in [2.75, 3.05) is 28.4 Å². The second-order valence-electron chi connectivity index (χ2n) is 4.78. The van der Waals surface area contributed by atoms with E-state index in [1.54, 1.807) is 0 Å². The molecule has 0 heterocycles. The number of carbonyl (C=O) groups excluding carboxylic acids is 1. The largest absolute Gasteiger partial charge is 0.508 e. The van der Waals surface area contributed by atoms with Crippen LogP contribution in [0.15, 0.2) is 24.3 Å². The minimum absolute atomic E-state index is 0.0973. The molecule has 0 unspecified atom stereocenters. The van der Waals surface area contributed by atoms with Gasteiger partial charge in [0, 0.05) is 24.3 Å². The van der Waals surface area contributed by atoms with Crippen molar-refractivity contribution in [3.63, 3.8) is 0 Å². The first kappa shape index (κ1) is 17.3. The van der Waals surface area contributed by atoms with E-state index in [-0.39, 0.29) is 45.6 Å². The number of phenols is 2. The monoisotopic (exact) mass is 334 g/mol. The molecule has 0 aromatic heterocycles. The van der Waals surface area contributed by atoms with Crippen LogP contribution >= 0.6 is 0 Å². The molecule has 0 aliphatic heterocycles. The minimum atomic E-state index is -0.502. The zero-order chi connectivity index (χ0) is 17.9. The number of aromatic hydroxyl groups is 2. The molecule has 0 atom stereocenters. The number of methoxy groups -OCH3 is 4. The molecule has 2 rings (SSSR count). The molecule has 128 valence electrons. The minimum Gasteiger partial charge on any atom is -0.508 e. The maximum Gasteiger partial charge on any atom is 0.208 e. The van der Waals surface area contributed by atoms with Crippen LogP contribution in [0.3, 0.4) is 0 Å². The predicted molar refractivity (Wildman–Crippen MR) is 85.9 cm³/mol. The summed E-state index contributed by atoms with van der Waals surface area (Å²) in [7, 11) is 5.49. The number of phenolic OH excluding ortho intramolecular Hbond substituents is 2. The Bertz CT molecular complexity index is 654. The first-order valence-electron chi connectivity index (χ1n) is 6.91. The number of benzene rings is 2. The summed E-state index contributed by atoms with van der Waals surface area (Å²) < 4.78 is 20.8. The molecule has 2 aromatic rings. The van der Waals surface area contributed by atoms with E-state index >= 15 is 0 Å². The zero-order valence-electron chi connectivity index (χ0n) is 13.7. The Balaban J connectivity index is 2.74. The molecule has 0 saturated heterocycles. The summed E-state index contributed by atoms with van der Waals surface area (Å²) in [5, 5.41) is 19.4. The van der Waals surface area contributed by atoms with Gasteiger partial charge in [-0.25, -0.2) is 0 Å². The Hall–Kier alpha value is -3.09. The average molecular weight is 334 g/mol. The number of carbonyl (C=O) groups is 1. The highest BCUT2D eigenvalue weighted by Crippen LogP contribution is 2.40. The van der Waals surface area contributed by atoms with E-state index < -0.39 is 5.78 Å². The van der Waals surface area contributed by atoms with Crippen LogP contribution in [-0.4, -0.2) is 44.4 Å². The molecule has 0 bridgehead atoms. The van der Waals surface area contributed by atoms with E-state index in [1.807, 2.05) is 0 Å². The summed E-state index contributed by atoms with van der Waals surface area (Å²) in [5.41, 5.74) is 0.195. The van der Waals surface area contributed by atoms with Gasteiger partial charge in [0.25, 0.3) is 0 Å². The van der Waals surface area contributed by atoms with Gasteiger partial charge in [0.15, 0.2) is 0 Å². The molecule has 24 heavy (non-hydrogen) atoms. The standard InChI is InChI=1S/C17H18O7/c1-21-11-5-9(18)6-12(22-2)15(11)17(20)16-13(23-3)7-10(19)8-14(16)24-4/h5-8,18-19H,1-4H3. The van der Waals surface area contributed by atoms with Crippen LogP contribution in [-0.2, 0) is 0 Å². The fourth-order valence-corrected chi connectivity index (χ4v) is 2.37. The first-order chi connectivity index (χ1) is 11.5. The third kappa shape index (κ3) is 3.01. The second kappa shape index (κ2) is 6.99. The van der Waals surface area contributed by atoms with Crippen molar-refractivity contribution in [3.05, 3.63) is 35.4 Å². The van der Waals surface area contributed by atoms with Crippen LogP contribution in [0.1, 0.15) is 15.9 Å². The van der Waals surface area contributed by atoms with Crippen LogP contribution < -0.4 is 18.9 Å². The third-order valence-electron chi connectivity index (χ3n) is 3.44. The van der Waals surface area contributed by atoms with Gasteiger partial charge in [-0.05, 0) is 0 Å². The number of rotatable bonds is 6. The molecule has 0 aliphatic carbocycles. The normalized spacial score (nSPS) is 10.2. The van der Waals surface area contributed by atoms with Crippen LogP contribution in [0.4, 0.5) is 0 Å². The number of hydrogen-bond acceptors (Lipinski definition) is 7. The van der Waals surface area contributed by atoms with Gasteiger partial charge in [-0.1, -0.05) is 0 Å². The van der Waals surface area contributed by atoms with Gasteiger partial charge in [-0.3, -0.25) is 4.79 Å². The summed E-state index contributed by atoms with van der Waals surface area (Å²) in [6.07, 6.45) is 0.